The molecule has 0 bridgehead atoms. The van der Waals surface area contributed by atoms with Crippen LogP contribution in [-0.4, -0.2) is 153 Å². The number of esters is 2. The molecule has 2 aliphatic heterocycles. The van der Waals surface area contributed by atoms with E-state index in [0.29, 0.717) is 5.56 Å². The lowest BCUT2D eigenvalue weighted by atomic mass is 9.91. The number of aliphatic hydroxyl groups excluding tert-OH is 6. The summed E-state index contributed by atoms with van der Waals surface area (Å²) in [5.74, 6) is -3.22. The summed E-state index contributed by atoms with van der Waals surface area (Å²) in [6.07, 6.45) is -2.45. The Kier molecular flexibility index (Phi) is 15.1. The Balaban J connectivity index is 1.12. The van der Waals surface area contributed by atoms with Crippen molar-refractivity contribution < 1.29 is 78.2 Å². The number of hydrogen-bond acceptors (Lipinski definition) is 16. The van der Waals surface area contributed by atoms with Crippen LogP contribution in [-0.2, 0) is 42.8 Å². The zero-order valence-electron chi connectivity index (χ0n) is 34.9. The van der Waals surface area contributed by atoms with Gasteiger partial charge in [-0.1, -0.05) is 24.3 Å². The van der Waals surface area contributed by atoms with Crippen molar-refractivity contribution in [2.24, 2.45) is 11.8 Å². The van der Waals surface area contributed by atoms with Crippen molar-refractivity contribution in [1.82, 2.24) is 10.6 Å². The predicted octanol–water partition coefficient (Wildman–Crippen LogP) is 0.137. The molecular weight excluding hydrogens is 800 g/mol. The molecule has 0 radical (unpaired) electrons. The standard InChI is InChI=1S/C43H60N2O16/c1-22(48)33(39(54)44-28(20-46)14-15-32(49)60-42(2,3)4)45-38(53)25-18-29(37-30(19-25)59-43(61-37,26-10-11-26)27-12-13-27)57-40(55)24-9-5-7-23(17-24)8-6-16-56-41-36(52)35(51)34(50)31(21-47)58-41/h5-9,17,19,22,26-31,33-37,41,46-48,50-52H,10-16,18,20-21H2,1-4H3,(H,44,54)(H,45,53)/t22-,28-,29+,30+,31+,33+,34-,35-,36+,37-,41-/m0/s1. The molecule has 18 heteroatoms. The van der Waals surface area contributed by atoms with Crippen LogP contribution in [0.1, 0.15) is 88.6 Å². The number of benzene rings is 1. The Bertz CT molecular complexity index is 1770. The maximum atomic E-state index is 13.9. The molecule has 5 aliphatic rings. The van der Waals surface area contributed by atoms with Gasteiger partial charge >= 0.3 is 11.9 Å². The molecule has 0 aromatic heterocycles. The van der Waals surface area contributed by atoms with E-state index in [4.69, 9.17) is 28.4 Å². The van der Waals surface area contributed by atoms with Crippen LogP contribution in [0.5, 0.6) is 0 Å². The van der Waals surface area contributed by atoms with Crippen molar-refractivity contribution in [2.45, 2.75) is 151 Å². The lowest BCUT2D eigenvalue weighted by Crippen LogP contribution is -2.59. The maximum absolute atomic E-state index is 13.9. The summed E-state index contributed by atoms with van der Waals surface area (Å²) < 4.78 is 35.6. The Morgan fingerprint density at radius 3 is 2.31 bits per heavy atom. The molecule has 18 nitrogen and oxygen atoms in total. The summed E-state index contributed by atoms with van der Waals surface area (Å²) >= 11 is 0. The van der Waals surface area contributed by atoms with Crippen molar-refractivity contribution in [2.75, 3.05) is 19.8 Å². The summed E-state index contributed by atoms with van der Waals surface area (Å²) in [6.45, 7) is 5.32. The molecule has 3 aliphatic carbocycles. The van der Waals surface area contributed by atoms with Gasteiger partial charge in [-0.15, -0.1) is 0 Å². The van der Waals surface area contributed by atoms with E-state index in [1.54, 1.807) is 63.3 Å². The fraction of sp³-hybridized carbons (Fsp3) is 0.674. The fourth-order valence-electron chi connectivity index (χ4n) is 7.91. The van der Waals surface area contributed by atoms with Gasteiger partial charge < -0.3 is 69.7 Å². The summed E-state index contributed by atoms with van der Waals surface area (Å²) in [5, 5.41) is 65.4. The molecule has 8 N–H and O–H groups in total. The van der Waals surface area contributed by atoms with E-state index in [1.807, 2.05) is 0 Å². The first-order chi connectivity index (χ1) is 28.9. The van der Waals surface area contributed by atoms with Gasteiger partial charge in [0.25, 0.3) is 0 Å². The molecule has 0 unspecified atom stereocenters. The number of carbonyl (C=O) groups excluding carboxylic acids is 4. The molecular formula is C43H60N2O16. The van der Waals surface area contributed by atoms with Gasteiger partial charge in [0.2, 0.25) is 11.8 Å². The summed E-state index contributed by atoms with van der Waals surface area (Å²) in [7, 11) is 0. The van der Waals surface area contributed by atoms with E-state index in [-0.39, 0.29) is 48.8 Å². The van der Waals surface area contributed by atoms with E-state index in [9.17, 15) is 49.8 Å². The molecule has 1 aromatic carbocycles. The average molecular weight is 861 g/mol. The molecule has 6 rings (SSSR count). The average Bonchev–Trinajstić information content (AvgIpc) is 4.17. The number of aliphatic hydroxyl groups is 6. The second kappa shape index (κ2) is 19.7. The van der Waals surface area contributed by atoms with Crippen LogP contribution in [0, 0.1) is 11.8 Å². The van der Waals surface area contributed by atoms with E-state index in [2.05, 4.69) is 10.6 Å². The van der Waals surface area contributed by atoms with E-state index < -0.39 is 116 Å². The summed E-state index contributed by atoms with van der Waals surface area (Å²) in [5.41, 5.74) is 0.231. The van der Waals surface area contributed by atoms with Gasteiger partial charge in [0, 0.05) is 30.3 Å². The number of rotatable bonds is 18. The van der Waals surface area contributed by atoms with Crippen LogP contribution >= 0.6 is 0 Å². The van der Waals surface area contributed by atoms with Gasteiger partial charge in [-0.3, -0.25) is 14.4 Å². The van der Waals surface area contributed by atoms with E-state index >= 15 is 0 Å². The molecule has 4 fully saturated rings. The first-order valence-corrected chi connectivity index (χ1v) is 21.0. The number of amides is 2. The van der Waals surface area contributed by atoms with Crippen LogP contribution in [0.15, 0.2) is 42.0 Å². The highest BCUT2D eigenvalue weighted by atomic mass is 16.8. The van der Waals surface area contributed by atoms with E-state index in [1.165, 1.54) is 6.92 Å². The molecule has 11 atom stereocenters. The molecule has 2 amide bonds. The molecule has 2 saturated heterocycles. The van der Waals surface area contributed by atoms with Crippen molar-refractivity contribution in [3.8, 4) is 0 Å². The van der Waals surface area contributed by atoms with Gasteiger partial charge in [-0.2, -0.15) is 0 Å². The minimum Gasteiger partial charge on any atom is -0.460 e. The van der Waals surface area contributed by atoms with Crippen LogP contribution < -0.4 is 10.6 Å². The zero-order chi connectivity index (χ0) is 44.2. The highest BCUT2D eigenvalue weighted by molar-refractivity contribution is 5.98. The lowest BCUT2D eigenvalue weighted by molar-refractivity contribution is -0.298. The SMILES string of the molecule is C[C@H](O)[C@@H](NC(=O)C1=C[C@H]2OC(C3CC3)(C3CC3)O[C@H]2[C@H](OC(=O)c2cccc(C=CCO[C@H]3O[C@H](CO)[C@H](O)[C@H](O)[C@H]3O)c2)C1)C(=O)N[C@H](CO)CCC(=O)OC(C)(C)C. The van der Waals surface area contributed by atoms with Gasteiger partial charge in [0.05, 0.1) is 37.5 Å². The lowest BCUT2D eigenvalue weighted by Gasteiger charge is -2.39. The third-order valence-corrected chi connectivity index (χ3v) is 11.3. The molecule has 61 heavy (non-hydrogen) atoms. The zero-order valence-corrected chi connectivity index (χ0v) is 34.9. The highest BCUT2D eigenvalue weighted by Crippen LogP contribution is 2.59. The molecule has 0 spiro atoms. The number of fused-ring (bicyclic) bond motifs is 1. The number of hydrogen-bond donors (Lipinski definition) is 8. The Morgan fingerprint density at radius 2 is 1.69 bits per heavy atom. The largest absolute Gasteiger partial charge is 0.460 e. The van der Waals surface area contributed by atoms with E-state index in [0.717, 1.165) is 25.7 Å². The predicted molar refractivity (Wildman–Crippen MR) is 213 cm³/mol. The summed E-state index contributed by atoms with van der Waals surface area (Å²) in [4.78, 5) is 53.3. The van der Waals surface area contributed by atoms with Gasteiger partial charge in [-0.05, 0) is 83.6 Å². The maximum Gasteiger partial charge on any atom is 0.338 e. The smallest absolute Gasteiger partial charge is 0.338 e. The normalized spacial score (nSPS) is 30.1. The minimum atomic E-state index is -1.58. The first kappa shape index (κ1) is 46.7. The second-order valence-corrected chi connectivity index (χ2v) is 17.5. The van der Waals surface area contributed by atoms with Gasteiger partial charge in [0.1, 0.15) is 54.4 Å². The summed E-state index contributed by atoms with van der Waals surface area (Å²) in [6, 6.07) is 4.22. The van der Waals surface area contributed by atoms with Crippen LogP contribution in [0.4, 0.5) is 0 Å². The minimum absolute atomic E-state index is 0.0547. The highest BCUT2D eigenvalue weighted by Gasteiger charge is 2.64. The molecule has 2 heterocycles. The second-order valence-electron chi connectivity index (χ2n) is 17.5. The van der Waals surface area contributed by atoms with Crippen molar-refractivity contribution >= 4 is 29.8 Å². The first-order valence-electron chi connectivity index (χ1n) is 21.0. The molecule has 2 saturated carbocycles. The molecule has 1 aromatic rings. The fourth-order valence-corrected chi connectivity index (χ4v) is 7.91. The van der Waals surface area contributed by atoms with Crippen LogP contribution in [0.2, 0.25) is 0 Å². The van der Waals surface area contributed by atoms with Crippen molar-refractivity contribution in [1.29, 1.82) is 0 Å². The number of nitrogens with one attached hydrogen (secondary N) is 2. The Hall–Kier alpha value is -3.82. The monoisotopic (exact) mass is 860 g/mol. The number of carbonyl (C=O) groups is 4. The topological polar surface area (TPSA) is 269 Å². The third-order valence-electron chi connectivity index (χ3n) is 11.3. The van der Waals surface area contributed by atoms with Crippen molar-refractivity contribution in [3.63, 3.8) is 0 Å². The number of ether oxygens (including phenoxy) is 6. The Labute approximate surface area is 354 Å². The van der Waals surface area contributed by atoms with Crippen molar-refractivity contribution in [3.05, 3.63) is 53.1 Å². The van der Waals surface area contributed by atoms with Gasteiger partial charge in [0.15, 0.2) is 12.1 Å². The van der Waals surface area contributed by atoms with Crippen LogP contribution in [0.25, 0.3) is 6.08 Å². The van der Waals surface area contributed by atoms with Gasteiger partial charge in [-0.25, -0.2) is 4.79 Å². The quantitative estimate of drug-likeness (QED) is 0.0913. The molecule has 338 valence electrons. The van der Waals surface area contributed by atoms with Crippen LogP contribution in [0.3, 0.4) is 0 Å². The third kappa shape index (κ3) is 11.6. The Morgan fingerprint density at radius 1 is 0.984 bits per heavy atom.